The highest BCUT2D eigenvalue weighted by Crippen LogP contribution is 2.23. The lowest BCUT2D eigenvalue weighted by atomic mass is 10.2. The molecule has 0 saturated heterocycles. The van der Waals surface area contributed by atoms with Crippen LogP contribution < -0.4 is 5.56 Å². The number of nitrogens with zero attached hydrogens (tertiary/aromatic N) is 2. The zero-order valence-corrected chi connectivity index (χ0v) is 7.68. The summed E-state index contributed by atoms with van der Waals surface area (Å²) in [6, 6.07) is 0.913. The lowest BCUT2D eigenvalue weighted by molar-refractivity contribution is 0.0691. The van der Waals surface area contributed by atoms with Crippen LogP contribution in [0.2, 0.25) is 0 Å². The Hall–Kier alpha value is -2.31. The van der Waals surface area contributed by atoms with Crippen molar-refractivity contribution in [2.24, 2.45) is 7.05 Å². The number of aromatic hydroxyl groups is 1. The van der Waals surface area contributed by atoms with Crippen molar-refractivity contribution in [3.05, 3.63) is 22.1 Å². The van der Waals surface area contributed by atoms with Gasteiger partial charge < -0.3 is 15.2 Å². The number of fused-ring (bicyclic) bond motifs is 1. The van der Waals surface area contributed by atoms with Crippen LogP contribution in [0, 0.1) is 0 Å². The lowest BCUT2D eigenvalue weighted by Gasteiger charge is -1.95. The minimum absolute atomic E-state index is 0.0320. The van der Waals surface area contributed by atoms with Gasteiger partial charge in [-0.15, -0.1) is 0 Å². The average Bonchev–Trinajstić information content (AvgIpc) is 2.44. The second-order valence-electron chi connectivity index (χ2n) is 3.02. The van der Waals surface area contributed by atoms with Crippen molar-refractivity contribution in [3.8, 4) is 5.75 Å². The number of hydrogen-bond acceptors (Lipinski definition) is 4. The van der Waals surface area contributed by atoms with E-state index in [9.17, 15) is 14.7 Å². The Kier molecular flexibility index (Phi) is 1.75. The number of aromatic amines is 1. The molecule has 0 aliphatic carbocycles. The molecule has 2 heterocycles. The van der Waals surface area contributed by atoms with Crippen LogP contribution >= 0.6 is 0 Å². The van der Waals surface area contributed by atoms with Gasteiger partial charge in [-0.05, 0) is 0 Å². The first-order chi connectivity index (χ1) is 7.00. The number of pyridine rings is 1. The van der Waals surface area contributed by atoms with E-state index in [4.69, 9.17) is 5.11 Å². The number of rotatable bonds is 1. The van der Waals surface area contributed by atoms with Gasteiger partial charge in [0.15, 0.2) is 5.69 Å². The first kappa shape index (κ1) is 9.25. The molecule has 2 rings (SSSR count). The summed E-state index contributed by atoms with van der Waals surface area (Å²) in [5.41, 5.74) is -0.626. The summed E-state index contributed by atoms with van der Waals surface area (Å²) in [5, 5.41) is 22.0. The van der Waals surface area contributed by atoms with Gasteiger partial charge in [-0.3, -0.25) is 9.48 Å². The highest BCUT2D eigenvalue weighted by molar-refractivity contribution is 6.02. The summed E-state index contributed by atoms with van der Waals surface area (Å²) in [7, 11) is 1.48. The number of hydrogen-bond donors (Lipinski definition) is 3. The number of carboxylic acids is 1. The fraction of sp³-hybridized carbons (Fsp3) is 0.125. The molecular weight excluding hydrogens is 202 g/mol. The molecule has 2 aromatic heterocycles. The smallest absolute Gasteiger partial charge is 0.357 e. The van der Waals surface area contributed by atoms with Crippen molar-refractivity contribution in [2.75, 3.05) is 0 Å². The zero-order valence-electron chi connectivity index (χ0n) is 7.68. The molecule has 0 bridgehead atoms. The monoisotopic (exact) mass is 209 g/mol. The molecule has 0 fully saturated rings. The molecule has 78 valence electrons. The molecule has 3 N–H and O–H groups in total. The molecule has 0 aliphatic heterocycles. The van der Waals surface area contributed by atoms with E-state index in [-0.39, 0.29) is 22.5 Å². The first-order valence-electron chi connectivity index (χ1n) is 4.03. The maximum absolute atomic E-state index is 11.0. The molecule has 0 aliphatic rings. The lowest BCUT2D eigenvalue weighted by Crippen LogP contribution is -2.05. The summed E-state index contributed by atoms with van der Waals surface area (Å²) in [6.45, 7) is 0. The van der Waals surface area contributed by atoms with Gasteiger partial charge in [0.1, 0.15) is 11.4 Å². The first-order valence-corrected chi connectivity index (χ1v) is 4.03. The van der Waals surface area contributed by atoms with E-state index in [1.54, 1.807) is 0 Å². The third kappa shape index (κ3) is 1.25. The number of nitrogens with one attached hydrogen (secondary N) is 1. The summed E-state index contributed by atoms with van der Waals surface area (Å²) >= 11 is 0. The summed E-state index contributed by atoms with van der Waals surface area (Å²) < 4.78 is 1.19. The number of aromatic nitrogens is 3. The van der Waals surface area contributed by atoms with E-state index in [0.29, 0.717) is 0 Å². The van der Waals surface area contributed by atoms with Crippen molar-refractivity contribution in [1.82, 2.24) is 14.8 Å². The van der Waals surface area contributed by atoms with Crippen LogP contribution in [0.4, 0.5) is 0 Å². The Labute approximate surface area is 82.6 Å². The second kappa shape index (κ2) is 2.84. The van der Waals surface area contributed by atoms with Gasteiger partial charge >= 0.3 is 5.97 Å². The molecule has 0 spiro atoms. The molecule has 15 heavy (non-hydrogen) atoms. The van der Waals surface area contributed by atoms with Gasteiger partial charge in [0, 0.05) is 13.1 Å². The Morgan fingerprint density at radius 2 is 2.27 bits per heavy atom. The molecule has 0 atom stereocenters. The highest BCUT2D eigenvalue weighted by Gasteiger charge is 2.19. The molecule has 0 saturated carbocycles. The third-order valence-corrected chi connectivity index (χ3v) is 2.02. The van der Waals surface area contributed by atoms with E-state index in [0.717, 1.165) is 6.07 Å². The minimum Gasteiger partial charge on any atom is -0.507 e. The Balaban J connectivity index is 3.00. The molecule has 7 nitrogen and oxygen atoms in total. The van der Waals surface area contributed by atoms with Crippen molar-refractivity contribution in [2.45, 2.75) is 0 Å². The summed E-state index contributed by atoms with van der Waals surface area (Å²) in [5.74, 6) is -1.65. The molecule has 0 aromatic carbocycles. The Morgan fingerprint density at radius 3 is 2.87 bits per heavy atom. The number of carbonyl (C=O) groups is 1. The fourth-order valence-electron chi connectivity index (χ4n) is 1.41. The number of carboxylic acid groups (broad SMARTS) is 1. The summed E-state index contributed by atoms with van der Waals surface area (Å²) in [6.07, 6.45) is 0. The Morgan fingerprint density at radius 1 is 1.60 bits per heavy atom. The maximum Gasteiger partial charge on any atom is 0.357 e. The standard InChI is InChI=1S/C8H7N3O4/c1-11-7-5(6(10-11)8(14)15)3(12)2-4(13)9-7/h2H,1H3,(H,14,15)(H2,9,12,13). The SMILES string of the molecule is Cn1nc(C(=O)O)c2c(O)cc(=O)[nH]c21. The molecular formula is C8H7N3O4. The van der Waals surface area contributed by atoms with Gasteiger partial charge in [-0.25, -0.2) is 4.79 Å². The van der Waals surface area contributed by atoms with Crippen LogP contribution in [-0.2, 0) is 7.05 Å². The minimum atomic E-state index is -1.26. The van der Waals surface area contributed by atoms with Gasteiger partial charge in [0.2, 0.25) is 0 Å². The second-order valence-corrected chi connectivity index (χ2v) is 3.02. The van der Waals surface area contributed by atoms with Crippen LogP contribution in [0.25, 0.3) is 11.0 Å². The molecule has 7 heteroatoms. The largest absolute Gasteiger partial charge is 0.507 e. The summed E-state index contributed by atoms with van der Waals surface area (Å²) in [4.78, 5) is 24.2. The average molecular weight is 209 g/mol. The van der Waals surface area contributed by atoms with Gasteiger partial charge in [0.05, 0.1) is 5.39 Å². The van der Waals surface area contributed by atoms with Crippen molar-refractivity contribution in [1.29, 1.82) is 0 Å². The van der Waals surface area contributed by atoms with E-state index >= 15 is 0 Å². The molecule has 0 amide bonds. The van der Waals surface area contributed by atoms with Crippen LogP contribution in [-0.4, -0.2) is 30.9 Å². The van der Waals surface area contributed by atoms with Crippen LogP contribution in [0.3, 0.4) is 0 Å². The van der Waals surface area contributed by atoms with Crippen LogP contribution in [0.15, 0.2) is 10.9 Å². The predicted molar refractivity (Wildman–Crippen MR) is 50.0 cm³/mol. The Bertz CT molecular complexity index is 610. The fourth-order valence-corrected chi connectivity index (χ4v) is 1.41. The van der Waals surface area contributed by atoms with Crippen molar-refractivity contribution < 1.29 is 15.0 Å². The zero-order chi connectivity index (χ0) is 11.2. The number of H-pyrrole nitrogens is 1. The van der Waals surface area contributed by atoms with E-state index < -0.39 is 11.5 Å². The van der Waals surface area contributed by atoms with Crippen LogP contribution in [0.1, 0.15) is 10.5 Å². The number of aryl methyl sites for hydroxylation is 1. The van der Waals surface area contributed by atoms with Crippen LogP contribution in [0.5, 0.6) is 5.75 Å². The molecule has 0 unspecified atom stereocenters. The van der Waals surface area contributed by atoms with E-state index in [1.165, 1.54) is 11.7 Å². The van der Waals surface area contributed by atoms with E-state index in [1.807, 2.05) is 0 Å². The van der Waals surface area contributed by atoms with Gasteiger partial charge in [-0.1, -0.05) is 0 Å². The maximum atomic E-state index is 11.0. The predicted octanol–water partition coefficient (Wildman–Crippen LogP) is -0.335. The van der Waals surface area contributed by atoms with Crippen molar-refractivity contribution >= 4 is 17.0 Å². The van der Waals surface area contributed by atoms with Gasteiger partial charge in [-0.2, -0.15) is 5.10 Å². The van der Waals surface area contributed by atoms with Crippen molar-refractivity contribution in [3.63, 3.8) is 0 Å². The number of aromatic carboxylic acids is 1. The normalized spacial score (nSPS) is 10.7. The molecule has 2 aromatic rings. The van der Waals surface area contributed by atoms with E-state index in [2.05, 4.69) is 10.1 Å². The third-order valence-electron chi connectivity index (χ3n) is 2.02. The quantitative estimate of drug-likeness (QED) is 0.595. The highest BCUT2D eigenvalue weighted by atomic mass is 16.4. The molecule has 0 radical (unpaired) electrons. The topological polar surface area (TPSA) is 108 Å². The van der Waals surface area contributed by atoms with Gasteiger partial charge in [0.25, 0.3) is 5.56 Å².